The molecule has 4 heteroatoms. The topological polar surface area (TPSA) is 57.9 Å². The van der Waals surface area contributed by atoms with Gasteiger partial charge in [-0.1, -0.05) is 12.1 Å². The fourth-order valence-corrected chi connectivity index (χ4v) is 2.53. The van der Waals surface area contributed by atoms with E-state index < -0.39 is 0 Å². The highest BCUT2D eigenvalue weighted by molar-refractivity contribution is 5.64. The smallest absolute Gasteiger partial charge is 0.151 e. The molecule has 0 saturated carbocycles. The van der Waals surface area contributed by atoms with E-state index in [0.717, 1.165) is 31.0 Å². The summed E-state index contributed by atoms with van der Waals surface area (Å²) in [6.07, 6.45) is 1.05. The van der Waals surface area contributed by atoms with Gasteiger partial charge in [0.15, 0.2) is 5.82 Å². The summed E-state index contributed by atoms with van der Waals surface area (Å²) < 4.78 is 0. The number of hydrogen-bond acceptors (Lipinski definition) is 3. The zero-order valence-electron chi connectivity index (χ0n) is 11.5. The second-order valence-corrected chi connectivity index (χ2v) is 5.43. The lowest BCUT2D eigenvalue weighted by molar-refractivity contribution is 0.751. The van der Waals surface area contributed by atoms with Gasteiger partial charge in [-0.2, -0.15) is 5.10 Å². The predicted octanol–water partition coefficient (Wildman–Crippen LogP) is 2.23. The molecule has 0 spiro atoms. The van der Waals surface area contributed by atoms with Crippen LogP contribution in [0.2, 0.25) is 0 Å². The fraction of sp³-hybridized carbons (Fsp3) is 0.400. The summed E-state index contributed by atoms with van der Waals surface area (Å²) in [5, 5.41) is 7.53. The predicted molar refractivity (Wildman–Crippen MR) is 78.3 cm³/mol. The molecule has 2 heterocycles. The van der Waals surface area contributed by atoms with E-state index in [4.69, 9.17) is 5.73 Å². The highest BCUT2D eigenvalue weighted by Crippen LogP contribution is 2.25. The third kappa shape index (κ3) is 2.36. The second-order valence-electron chi connectivity index (χ2n) is 5.43. The van der Waals surface area contributed by atoms with Crippen molar-refractivity contribution in [2.75, 3.05) is 18.0 Å². The number of nitrogens with zero attached hydrogens (tertiary/aromatic N) is 2. The summed E-state index contributed by atoms with van der Waals surface area (Å²) in [5.41, 5.74) is 10.8. The van der Waals surface area contributed by atoms with E-state index in [1.54, 1.807) is 0 Å². The number of rotatable bonds is 2. The van der Waals surface area contributed by atoms with Gasteiger partial charge < -0.3 is 10.6 Å². The first-order chi connectivity index (χ1) is 9.13. The Morgan fingerprint density at radius 2 is 2.11 bits per heavy atom. The van der Waals surface area contributed by atoms with Crippen molar-refractivity contribution in [2.24, 2.45) is 5.73 Å². The van der Waals surface area contributed by atoms with Crippen molar-refractivity contribution in [1.82, 2.24) is 10.2 Å². The molecule has 100 valence electrons. The molecule has 4 nitrogen and oxygen atoms in total. The molecule has 1 aliphatic rings. The lowest BCUT2D eigenvalue weighted by Gasteiger charge is -2.13. The Bertz CT molecular complexity index is 588. The monoisotopic (exact) mass is 256 g/mol. The quantitative estimate of drug-likeness (QED) is 0.866. The molecule has 2 aromatic rings. The van der Waals surface area contributed by atoms with Crippen LogP contribution < -0.4 is 10.6 Å². The van der Waals surface area contributed by atoms with E-state index in [1.165, 1.54) is 16.7 Å². The molecule has 0 amide bonds. The average molecular weight is 256 g/mol. The third-order valence-electron chi connectivity index (χ3n) is 3.93. The second kappa shape index (κ2) is 4.70. The van der Waals surface area contributed by atoms with Gasteiger partial charge in [0, 0.05) is 25.2 Å². The minimum atomic E-state index is 0.279. The molecule has 1 aromatic heterocycles. The summed E-state index contributed by atoms with van der Waals surface area (Å²) >= 11 is 0. The summed E-state index contributed by atoms with van der Waals surface area (Å²) in [6.45, 7) is 6.16. The van der Waals surface area contributed by atoms with Crippen LogP contribution in [0.15, 0.2) is 24.3 Å². The zero-order chi connectivity index (χ0) is 13.4. The third-order valence-corrected chi connectivity index (χ3v) is 3.93. The number of anilines is 1. The summed E-state index contributed by atoms with van der Waals surface area (Å²) in [6, 6.07) is 8.87. The van der Waals surface area contributed by atoms with Crippen LogP contribution in [0.4, 0.5) is 5.82 Å². The minimum absolute atomic E-state index is 0.279. The Kier molecular flexibility index (Phi) is 3.03. The molecule has 1 atom stereocenters. The Hall–Kier alpha value is -1.81. The number of nitrogens with two attached hydrogens (primary N) is 1. The van der Waals surface area contributed by atoms with Gasteiger partial charge in [-0.05, 0) is 43.0 Å². The molecule has 1 saturated heterocycles. The number of aromatic nitrogens is 2. The van der Waals surface area contributed by atoms with Crippen LogP contribution in [-0.4, -0.2) is 29.3 Å². The van der Waals surface area contributed by atoms with Gasteiger partial charge in [0.05, 0.1) is 5.69 Å². The van der Waals surface area contributed by atoms with Gasteiger partial charge in [-0.15, -0.1) is 0 Å². The van der Waals surface area contributed by atoms with Crippen molar-refractivity contribution in [1.29, 1.82) is 0 Å². The number of H-pyrrole nitrogens is 1. The molecule has 1 unspecified atom stereocenters. The number of hydrogen-bond donors (Lipinski definition) is 2. The summed E-state index contributed by atoms with van der Waals surface area (Å²) in [7, 11) is 0. The molecule has 1 fully saturated rings. The summed E-state index contributed by atoms with van der Waals surface area (Å²) in [5.74, 6) is 1.00. The maximum absolute atomic E-state index is 5.94. The molecule has 0 bridgehead atoms. The number of aromatic amines is 1. The van der Waals surface area contributed by atoms with Gasteiger partial charge in [0.25, 0.3) is 0 Å². The van der Waals surface area contributed by atoms with E-state index in [0.29, 0.717) is 0 Å². The Morgan fingerprint density at radius 1 is 1.26 bits per heavy atom. The van der Waals surface area contributed by atoms with Gasteiger partial charge in [0.1, 0.15) is 0 Å². The van der Waals surface area contributed by atoms with Crippen LogP contribution in [0.5, 0.6) is 0 Å². The van der Waals surface area contributed by atoms with Gasteiger partial charge in [-0.25, -0.2) is 0 Å². The highest BCUT2D eigenvalue weighted by atomic mass is 15.3. The number of benzene rings is 1. The first-order valence-corrected chi connectivity index (χ1v) is 6.77. The maximum atomic E-state index is 5.94. The molecule has 0 aliphatic carbocycles. The SMILES string of the molecule is Cc1ccc(-c2cc(N3CCC(N)C3)n[nH]2)cc1C. The first kappa shape index (κ1) is 12.2. The maximum Gasteiger partial charge on any atom is 0.151 e. The van der Waals surface area contributed by atoms with Crippen LogP contribution in [0.3, 0.4) is 0 Å². The molecule has 1 aromatic carbocycles. The van der Waals surface area contributed by atoms with Crippen molar-refractivity contribution < 1.29 is 0 Å². The lowest BCUT2D eigenvalue weighted by Crippen LogP contribution is -2.26. The molecule has 19 heavy (non-hydrogen) atoms. The normalized spacial score (nSPS) is 19.1. The minimum Gasteiger partial charge on any atom is -0.354 e. The van der Waals surface area contributed by atoms with Crippen LogP contribution in [-0.2, 0) is 0 Å². The van der Waals surface area contributed by atoms with Crippen molar-refractivity contribution in [3.8, 4) is 11.3 Å². The zero-order valence-corrected chi connectivity index (χ0v) is 11.5. The standard InChI is InChI=1S/C15H20N4/c1-10-3-4-12(7-11(10)2)14-8-15(18-17-14)19-6-5-13(16)9-19/h3-4,7-8,13H,5-6,9,16H2,1-2H3,(H,17,18). The van der Waals surface area contributed by atoms with E-state index in [9.17, 15) is 0 Å². The van der Waals surface area contributed by atoms with Gasteiger partial charge in [-0.3, -0.25) is 5.10 Å². The largest absolute Gasteiger partial charge is 0.354 e. The molecule has 3 rings (SSSR count). The Labute approximate surface area is 113 Å². The van der Waals surface area contributed by atoms with Crippen molar-refractivity contribution in [2.45, 2.75) is 26.3 Å². The number of nitrogens with one attached hydrogen (secondary N) is 1. The van der Waals surface area contributed by atoms with Gasteiger partial charge >= 0.3 is 0 Å². The van der Waals surface area contributed by atoms with Crippen LogP contribution in [0.25, 0.3) is 11.3 Å². The Morgan fingerprint density at radius 3 is 2.79 bits per heavy atom. The summed E-state index contributed by atoms with van der Waals surface area (Å²) in [4.78, 5) is 2.24. The Balaban J connectivity index is 1.86. The number of aryl methyl sites for hydroxylation is 2. The molecule has 3 N–H and O–H groups in total. The highest BCUT2D eigenvalue weighted by Gasteiger charge is 2.21. The van der Waals surface area contributed by atoms with Crippen molar-refractivity contribution in [3.63, 3.8) is 0 Å². The van der Waals surface area contributed by atoms with Gasteiger partial charge in [0.2, 0.25) is 0 Å². The lowest BCUT2D eigenvalue weighted by atomic mass is 10.0. The van der Waals surface area contributed by atoms with Crippen molar-refractivity contribution >= 4 is 5.82 Å². The van der Waals surface area contributed by atoms with E-state index in [2.05, 4.69) is 53.2 Å². The van der Waals surface area contributed by atoms with E-state index >= 15 is 0 Å². The fourth-order valence-electron chi connectivity index (χ4n) is 2.53. The molecule has 0 radical (unpaired) electrons. The van der Waals surface area contributed by atoms with Crippen LogP contribution in [0, 0.1) is 13.8 Å². The molecular weight excluding hydrogens is 236 g/mol. The van der Waals surface area contributed by atoms with Crippen LogP contribution >= 0.6 is 0 Å². The first-order valence-electron chi connectivity index (χ1n) is 6.77. The van der Waals surface area contributed by atoms with Crippen molar-refractivity contribution in [3.05, 3.63) is 35.4 Å². The average Bonchev–Trinajstić information content (AvgIpc) is 3.01. The van der Waals surface area contributed by atoms with E-state index in [1.807, 2.05) is 0 Å². The van der Waals surface area contributed by atoms with E-state index in [-0.39, 0.29) is 6.04 Å². The molecule has 1 aliphatic heterocycles. The van der Waals surface area contributed by atoms with Crippen LogP contribution in [0.1, 0.15) is 17.5 Å². The molecular formula is C15H20N4.